The Labute approximate surface area is 184 Å². The molecule has 0 radical (unpaired) electrons. The van der Waals surface area contributed by atoms with Crippen molar-refractivity contribution in [3.63, 3.8) is 0 Å². The maximum Gasteiger partial charge on any atom is 0.258 e. The third-order valence-electron chi connectivity index (χ3n) is 5.86. The number of amides is 1. The van der Waals surface area contributed by atoms with Gasteiger partial charge in [-0.15, -0.1) is 6.58 Å². The van der Waals surface area contributed by atoms with Gasteiger partial charge in [0.1, 0.15) is 11.4 Å². The molecule has 1 unspecified atom stereocenters. The number of nitrogens with one attached hydrogen (secondary N) is 1. The van der Waals surface area contributed by atoms with Crippen LogP contribution < -0.4 is 10.1 Å². The number of anilines is 1. The molecule has 0 fully saturated rings. The fourth-order valence-electron chi connectivity index (χ4n) is 4.23. The highest BCUT2D eigenvalue weighted by molar-refractivity contribution is 6.02. The molecule has 1 atom stereocenters. The minimum Gasteiger partial charge on any atom is -0.493 e. The molecular weight excluding hydrogens is 384 g/mol. The summed E-state index contributed by atoms with van der Waals surface area (Å²) < 4.78 is 5.95. The lowest BCUT2D eigenvalue weighted by Crippen LogP contribution is -2.57. The summed E-state index contributed by atoms with van der Waals surface area (Å²) in [4.78, 5) is 15.2. The number of carbonyl (C=O) groups excluding carboxylic acids is 1. The highest BCUT2D eigenvalue weighted by atomic mass is 16.5. The number of fused-ring (bicyclic) bond motifs is 1. The molecule has 1 N–H and O–H groups in total. The Morgan fingerprint density at radius 1 is 1.00 bits per heavy atom. The molecule has 0 saturated heterocycles. The first-order valence-corrected chi connectivity index (χ1v) is 10.8. The number of hydrogen-bond acceptors (Lipinski definition) is 3. The number of ether oxygens (including phenoxy) is 1. The van der Waals surface area contributed by atoms with Gasteiger partial charge in [0.05, 0.1) is 12.2 Å². The van der Waals surface area contributed by atoms with Crippen LogP contribution in [0.4, 0.5) is 5.69 Å². The molecule has 3 aromatic carbocycles. The largest absolute Gasteiger partial charge is 0.493 e. The maximum atomic E-state index is 13.3. The highest BCUT2D eigenvalue weighted by Crippen LogP contribution is 2.40. The fraction of sp³-hybridized carbons (Fsp3) is 0.222. The summed E-state index contributed by atoms with van der Waals surface area (Å²) in [7, 11) is 0. The summed E-state index contributed by atoms with van der Waals surface area (Å²) >= 11 is 0. The van der Waals surface area contributed by atoms with E-state index in [1.165, 1.54) is 5.56 Å². The molecule has 1 aliphatic rings. The average Bonchev–Trinajstić information content (AvgIpc) is 2.82. The van der Waals surface area contributed by atoms with Crippen molar-refractivity contribution in [2.75, 3.05) is 18.5 Å². The van der Waals surface area contributed by atoms with Crippen molar-refractivity contribution in [3.8, 4) is 5.75 Å². The monoisotopic (exact) mass is 412 g/mol. The number of benzene rings is 3. The second-order valence-electron chi connectivity index (χ2n) is 7.70. The lowest BCUT2D eigenvalue weighted by molar-refractivity contribution is 0.0524. The highest BCUT2D eigenvalue weighted by Gasteiger charge is 2.44. The Balaban J connectivity index is 1.57. The second kappa shape index (κ2) is 9.09. The third-order valence-corrected chi connectivity index (χ3v) is 5.86. The molecule has 4 nitrogen and oxygen atoms in total. The topological polar surface area (TPSA) is 41.6 Å². The van der Waals surface area contributed by atoms with Crippen LogP contribution in [-0.4, -0.2) is 24.0 Å². The van der Waals surface area contributed by atoms with Crippen molar-refractivity contribution in [2.45, 2.75) is 25.4 Å². The molecule has 4 rings (SSSR count). The van der Waals surface area contributed by atoms with Gasteiger partial charge in [-0.05, 0) is 41.8 Å². The molecule has 1 heterocycles. The van der Waals surface area contributed by atoms with E-state index >= 15 is 0 Å². The number of para-hydroxylation sites is 1. The van der Waals surface area contributed by atoms with E-state index in [9.17, 15) is 4.79 Å². The van der Waals surface area contributed by atoms with E-state index in [1.54, 1.807) is 6.08 Å². The van der Waals surface area contributed by atoms with Gasteiger partial charge in [0.25, 0.3) is 5.91 Å². The van der Waals surface area contributed by atoms with E-state index in [4.69, 9.17) is 4.74 Å². The standard InChI is InChI=1S/C27H28N2O2/c1-3-19-29-26(30)24-12-8-9-13-25(24)28-27(29,4-2)22-14-16-23(17-15-22)31-20-18-21-10-6-5-7-11-21/h3,5-17,28H,1,4,18-20H2,2H3. The van der Waals surface area contributed by atoms with Gasteiger partial charge in [-0.1, -0.05) is 67.6 Å². The van der Waals surface area contributed by atoms with Gasteiger partial charge in [0, 0.05) is 18.7 Å². The van der Waals surface area contributed by atoms with Crippen LogP contribution in [0.15, 0.2) is 91.5 Å². The summed E-state index contributed by atoms with van der Waals surface area (Å²) in [6.45, 7) is 7.04. The Morgan fingerprint density at radius 3 is 2.42 bits per heavy atom. The molecule has 0 aromatic heterocycles. The predicted molar refractivity (Wildman–Crippen MR) is 125 cm³/mol. The van der Waals surface area contributed by atoms with E-state index in [-0.39, 0.29) is 5.91 Å². The van der Waals surface area contributed by atoms with Crippen LogP contribution in [0.5, 0.6) is 5.75 Å². The van der Waals surface area contributed by atoms with Gasteiger partial charge in [0.15, 0.2) is 0 Å². The molecule has 31 heavy (non-hydrogen) atoms. The molecule has 4 heteroatoms. The first-order chi connectivity index (χ1) is 15.2. The van der Waals surface area contributed by atoms with E-state index in [0.29, 0.717) is 18.7 Å². The minimum atomic E-state index is -0.637. The molecule has 0 aliphatic carbocycles. The Hall–Kier alpha value is -3.53. The Kier molecular flexibility index (Phi) is 6.08. The van der Waals surface area contributed by atoms with Gasteiger partial charge in [-0.25, -0.2) is 0 Å². The van der Waals surface area contributed by atoms with E-state index < -0.39 is 5.66 Å². The summed E-state index contributed by atoms with van der Waals surface area (Å²) in [5, 5.41) is 3.64. The van der Waals surface area contributed by atoms with Gasteiger partial charge < -0.3 is 15.0 Å². The third kappa shape index (κ3) is 4.06. The number of carbonyl (C=O) groups is 1. The summed E-state index contributed by atoms with van der Waals surface area (Å²) in [5.74, 6) is 0.836. The number of nitrogens with zero attached hydrogens (tertiary/aromatic N) is 1. The molecule has 0 spiro atoms. The second-order valence-corrected chi connectivity index (χ2v) is 7.70. The minimum absolute atomic E-state index is 0.0132. The van der Waals surface area contributed by atoms with Crippen molar-refractivity contribution in [2.24, 2.45) is 0 Å². The fourth-order valence-corrected chi connectivity index (χ4v) is 4.23. The van der Waals surface area contributed by atoms with E-state index in [2.05, 4.69) is 31.0 Å². The number of rotatable bonds is 8. The molecular formula is C27H28N2O2. The average molecular weight is 413 g/mol. The van der Waals surface area contributed by atoms with Gasteiger partial charge in [-0.2, -0.15) is 0 Å². The SMILES string of the molecule is C=CCN1C(=O)c2ccccc2NC1(CC)c1ccc(OCCc2ccccc2)cc1. The Morgan fingerprint density at radius 2 is 1.71 bits per heavy atom. The first-order valence-electron chi connectivity index (χ1n) is 10.8. The van der Waals surface area contributed by atoms with Gasteiger partial charge in [-0.3, -0.25) is 4.79 Å². The number of hydrogen-bond donors (Lipinski definition) is 1. The van der Waals surface area contributed by atoms with Crippen LogP contribution in [0.3, 0.4) is 0 Å². The summed E-state index contributed by atoms with van der Waals surface area (Å²) in [6.07, 6.45) is 3.36. The molecule has 0 bridgehead atoms. The quantitative estimate of drug-likeness (QED) is 0.488. The Bertz CT molecular complexity index is 1050. The first kappa shape index (κ1) is 20.7. The smallest absolute Gasteiger partial charge is 0.258 e. The normalized spacial score (nSPS) is 17.6. The predicted octanol–water partition coefficient (Wildman–Crippen LogP) is 5.62. The van der Waals surface area contributed by atoms with Crippen molar-refractivity contribution in [3.05, 3.63) is 108 Å². The van der Waals surface area contributed by atoms with Gasteiger partial charge in [0.2, 0.25) is 0 Å². The molecule has 158 valence electrons. The zero-order valence-corrected chi connectivity index (χ0v) is 17.9. The van der Waals surface area contributed by atoms with Crippen LogP contribution in [0.25, 0.3) is 0 Å². The molecule has 0 saturated carbocycles. The van der Waals surface area contributed by atoms with E-state index in [0.717, 1.165) is 29.8 Å². The van der Waals surface area contributed by atoms with Crippen molar-refractivity contribution in [1.82, 2.24) is 4.90 Å². The lowest BCUT2D eigenvalue weighted by atomic mass is 9.89. The van der Waals surface area contributed by atoms with Crippen LogP contribution in [0.1, 0.15) is 34.8 Å². The molecule has 1 aliphatic heterocycles. The lowest BCUT2D eigenvalue weighted by Gasteiger charge is -2.48. The van der Waals surface area contributed by atoms with Crippen molar-refractivity contribution < 1.29 is 9.53 Å². The molecule has 1 amide bonds. The van der Waals surface area contributed by atoms with Crippen molar-refractivity contribution >= 4 is 11.6 Å². The van der Waals surface area contributed by atoms with Crippen LogP contribution >= 0.6 is 0 Å². The zero-order valence-electron chi connectivity index (χ0n) is 17.9. The van der Waals surface area contributed by atoms with Crippen LogP contribution in [0.2, 0.25) is 0 Å². The van der Waals surface area contributed by atoms with Gasteiger partial charge >= 0.3 is 0 Å². The van der Waals surface area contributed by atoms with Crippen molar-refractivity contribution in [1.29, 1.82) is 0 Å². The molecule has 3 aromatic rings. The summed E-state index contributed by atoms with van der Waals surface area (Å²) in [5.41, 5.74) is 3.19. The van der Waals surface area contributed by atoms with E-state index in [1.807, 2.05) is 71.6 Å². The maximum absolute atomic E-state index is 13.3. The van der Waals surface area contributed by atoms with Crippen LogP contribution in [0, 0.1) is 0 Å². The van der Waals surface area contributed by atoms with Crippen LogP contribution in [-0.2, 0) is 12.1 Å². The zero-order chi connectivity index (χ0) is 21.7. The summed E-state index contributed by atoms with van der Waals surface area (Å²) in [6, 6.07) is 26.0.